The lowest BCUT2D eigenvalue weighted by molar-refractivity contribution is 0.252. The number of hydrogen-bond acceptors (Lipinski definition) is 7. The van der Waals surface area contributed by atoms with Crippen LogP contribution in [0.15, 0.2) is 67.3 Å². The van der Waals surface area contributed by atoms with Crippen molar-refractivity contribution >= 4 is 45.2 Å². The maximum Gasteiger partial charge on any atom is 0.319 e. The summed E-state index contributed by atoms with van der Waals surface area (Å²) in [5.41, 5.74) is 4.47. The molecule has 0 aliphatic carbocycles. The topological polar surface area (TPSA) is 121 Å². The number of pyridine rings is 1. The predicted octanol–water partition coefficient (Wildman–Crippen LogP) is 4.36. The van der Waals surface area contributed by atoms with Crippen molar-refractivity contribution in [3.63, 3.8) is 0 Å². The zero-order valence-electron chi connectivity index (χ0n) is 19.6. The highest BCUT2D eigenvalue weighted by Gasteiger charge is 2.31. The number of anilines is 3. The standard InChI is InChI=1S/C26H24N8O2/c1-36-22-12-18(11-16-5-4-9-27-23(16)22)32-26(35)28-10-8-17-14-34(21-7-3-2-6-19(17)21)25-20-13-31-33-24(20)29-15-30-25/h2-7,9,11-13,15,17H,8,10,14H2,1H3,(H2,28,32,35)(H,29,30,31,33). The normalized spacial score (nSPS) is 14.7. The van der Waals surface area contributed by atoms with Gasteiger partial charge < -0.3 is 20.3 Å². The molecule has 2 aromatic carbocycles. The van der Waals surface area contributed by atoms with Crippen LogP contribution in [-0.2, 0) is 0 Å². The van der Waals surface area contributed by atoms with Crippen LogP contribution in [-0.4, -0.2) is 51.4 Å². The molecular formula is C26H24N8O2. The van der Waals surface area contributed by atoms with Crippen molar-refractivity contribution < 1.29 is 9.53 Å². The van der Waals surface area contributed by atoms with Gasteiger partial charge in [0.1, 0.15) is 23.4 Å². The third kappa shape index (κ3) is 3.92. The first-order valence-electron chi connectivity index (χ1n) is 11.7. The third-order valence-electron chi connectivity index (χ3n) is 6.48. The zero-order chi connectivity index (χ0) is 24.5. The van der Waals surface area contributed by atoms with Crippen LogP contribution >= 0.6 is 0 Å². The van der Waals surface area contributed by atoms with Crippen LogP contribution in [0.25, 0.3) is 21.9 Å². The largest absolute Gasteiger partial charge is 0.494 e. The molecule has 6 rings (SSSR count). The number of aromatic nitrogens is 5. The van der Waals surface area contributed by atoms with E-state index in [1.165, 1.54) is 5.56 Å². The molecule has 10 heteroatoms. The number of amides is 2. The van der Waals surface area contributed by atoms with E-state index < -0.39 is 0 Å². The van der Waals surface area contributed by atoms with Gasteiger partial charge in [-0.2, -0.15) is 5.10 Å². The molecule has 180 valence electrons. The Hall–Kier alpha value is -4.73. The Morgan fingerprint density at radius 3 is 3.00 bits per heavy atom. The number of methoxy groups -OCH3 is 1. The fourth-order valence-corrected chi connectivity index (χ4v) is 4.83. The number of rotatable bonds is 6. The summed E-state index contributed by atoms with van der Waals surface area (Å²) in [5, 5.41) is 14.7. The summed E-state index contributed by atoms with van der Waals surface area (Å²) >= 11 is 0. The predicted molar refractivity (Wildman–Crippen MR) is 138 cm³/mol. The number of aromatic amines is 1. The van der Waals surface area contributed by atoms with Gasteiger partial charge in [-0.05, 0) is 30.2 Å². The molecule has 0 bridgehead atoms. The summed E-state index contributed by atoms with van der Waals surface area (Å²) < 4.78 is 5.45. The molecule has 1 unspecified atom stereocenters. The van der Waals surface area contributed by atoms with Crippen molar-refractivity contribution in [1.82, 2.24) is 30.5 Å². The Kier molecular flexibility index (Phi) is 5.53. The monoisotopic (exact) mass is 480 g/mol. The smallest absolute Gasteiger partial charge is 0.319 e. The number of nitrogens with one attached hydrogen (secondary N) is 3. The minimum absolute atomic E-state index is 0.241. The lowest BCUT2D eigenvalue weighted by Crippen LogP contribution is -2.30. The lowest BCUT2D eigenvalue weighted by atomic mass is 9.98. The summed E-state index contributed by atoms with van der Waals surface area (Å²) in [6.45, 7) is 1.28. The minimum Gasteiger partial charge on any atom is -0.494 e. The molecule has 1 aliphatic heterocycles. The Morgan fingerprint density at radius 2 is 2.08 bits per heavy atom. The molecule has 2 amide bonds. The van der Waals surface area contributed by atoms with Crippen molar-refractivity contribution in [2.45, 2.75) is 12.3 Å². The first-order chi connectivity index (χ1) is 17.7. The SMILES string of the molecule is COc1cc(NC(=O)NCCC2CN(c3ncnc4[nH]ncc34)c3ccccc32)cc2cccnc12. The van der Waals surface area contributed by atoms with Gasteiger partial charge in [-0.1, -0.05) is 24.3 Å². The highest BCUT2D eigenvalue weighted by atomic mass is 16.5. The highest BCUT2D eigenvalue weighted by molar-refractivity contribution is 5.95. The van der Waals surface area contributed by atoms with Crippen LogP contribution < -0.4 is 20.3 Å². The number of fused-ring (bicyclic) bond motifs is 3. The van der Waals surface area contributed by atoms with E-state index >= 15 is 0 Å². The Bertz CT molecular complexity index is 1570. The summed E-state index contributed by atoms with van der Waals surface area (Å²) in [4.78, 5) is 28.0. The van der Waals surface area contributed by atoms with Crippen molar-refractivity contribution in [2.24, 2.45) is 0 Å². The maximum atomic E-state index is 12.7. The number of benzene rings is 2. The van der Waals surface area contributed by atoms with Crippen molar-refractivity contribution in [3.05, 3.63) is 72.8 Å². The first-order valence-corrected chi connectivity index (χ1v) is 11.7. The maximum absolute atomic E-state index is 12.7. The van der Waals surface area contributed by atoms with E-state index in [1.54, 1.807) is 31.9 Å². The van der Waals surface area contributed by atoms with Crippen LogP contribution in [0.1, 0.15) is 17.9 Å². The molecule has 0 radical (unpaired) electrons. The Balaban J connectivity index is 1.13. The van der Waals surface area contributed by atoms with Gasteiger partial charge in [0, 0.05) is 48.0 Å². The molecule has 5 aromatic rings. The molecule has 36 heavy (non-hydrogen) atoms. The van der Waals surface area contributed by atoms with Crippen LogP contribution in [0, 0.1) is 0 Å². The van der Waals surface area contributed by atoms with Crippen molar-refractivity contribution in [2.75, 3.05) is 30.4 Å². The number of carbonyl (C=O) groups excluding carboxylic acids is 1. The number of nitrogens with zero attached hydrogens (tertiary/aromatic N) is 5. The molecule has 0 saturated heterocycles. The average molecular weight is 481 g/mol. The van der Waals surface area contributed by atoms with Crippen molar-refractivity contribution in [3.8, 4) is 5.75 Å². The van der Waals surface area contributed by atoms with Crippen LogP contribution in [0.5, 0.6) is 5.75 Å². The molecule has 1 aliphatic rings. The molecule has 0 fully saturated rings. The van der Waals surface area contributed by atoms with E-state index in [9.17, 15) is 4.79 Å². The molecule has 10 nitrogen and oxygen atoms in total. The zero-order valence-corrected chi connectivity index (χ0v) is 19.6. The average Bonchev–Trinajstić information content (AvgIpc) is 3.53. The van der Waals surface area contributed by atoms with Gasteiger partial charge in [0.05, 0.1) is 18.7 Å². The number of hydrogen-bond donors (Lipinski definition) is 3. The molecule has 3 N–H and O–H groups in total. The summed E-state index contributed by atoms with van der Waals surface area (Å²) in [6, 6.07) is 15.5. The number of ether oxygens (including phenoxy) is 1. The third-order valence-corrected chi connectivity index (χ3v) is 6.48. The fraction of sp³-hybridized carbons (Fsp3) is 0.192. The molecule has 4 heterocycles. The van der Waals surface area contributed by atoms with Crippen LogP contribution in [0.4, 0.5) is 22.0 Å². The fourth-order valence-electron chi connectivity index (χ4n) is 4.83. The molecular weight excluding hydrogens is 456 g/mol. The van der Waals surface area contributed by atoms with Gasteiger partial charge >= 0.3 is 6.03 Å². The van der Waals surface area contributed by atoms with Gasteiger partial charge in [-0.25, -0.2) is 14.8 Å². The van der Waals surface area contributed by atoms with E-state index in [0.29, 0.717) is 23.6 Å². The van der Waals surface area contributed by atoms with Gasteiger partial charge in [-0.15, -0.1) is 0 Å². The minimum atomic E-state index is -0.265. The van der Waals surface area contributed by atoms with Crippen LogP contribution in [0.2, 0.25) is 0 Å². The molecule has 3 aromatic heterocycles. The summed E-state index contributed by atoms with van der Waals surface area (Å²) in [7, 11) is 1.59. The van der Waals surface area contributed by atoms with E-state index in [4.69, 9.17) is 4.74 Å². The first kappa shape index (κ1) is 21.8. The highest BCUT2D eigenvalue weighted by Crippen LogP contribution is 2.42. The van der Waals surface area contributed by atoms with Gasteiger partial charge in [0.2, 0.25) is 0 Å². The quantitative estimate of drug-likeness (QED) is 0.330. The number of carbonyl (C=O) groups is 1. The summed E-state index contributed by atoms with van der Waals surface area (Å²) in [5.74, 6) is 1.68. The van der Waals surface area contributed by atoms with Gasteiger partial charge in [-0.3, -0.25) is 10.1 Å². The summed E-state index contributed by atoms with van der Waals surface area (Å²) in [6.07, 6.45) is 5.81. The second-order valence-electron chi connectivity index (χ2n) is 8.62. The van der Waals surface area contributed by atoms with E-state index in [2.05, 4.69) is 52.8 Å². The number of para-hydroxylation sites is 1. The molecule has 0 saturated carbocycles. The second kappa shape index (κ2) is 9.14. The van der Waals surface area contributed by atoms with Crippen molar-refractivity contribution in [1.29, 1.82) is 0 Å². The number of urea groups is 1. The second-order valence-corrected chi connectivity index (χ2v) is 8.62. The molecule has 0 spiro atoms. The van der Waals surface area contributed by atoms with Gasteiger partial charge in [0.25, 0.3) is 0 Å². The van der Waals surface area contributed by atoms with E-state index in [1.807, 2.05) is 30.3 Å². The Morgan fingerprint density at radius 1 is 1.17 bits per heavy atom. The number of H-pyrrole nitrogens is 1. The van der Waals surface area contributed by atoms with E-state index in [0.717, 1.165) is 40.8 Å². The van der Waals surface area contributed by atoms with Gasteiger partial charge in [0.15, 0.2) is 5.65 Å². The Labute approximate surface area is 206 Å². The van der Waals surface area contributed by atoms with E-state index in [-0.39, 0.29) is 11.9 Å². The lowest BCUT2D eigenvalue weighted by Gasteiger charge is -2.19. The molecule has 1 atom stereocenters. The van der Waals surface area contributed by atoms with Crippen LogP contribution in [0.3, 0.4) is 0 Å².